The highest BCUT2D eigenvalue weighted by molar-refractivity contribution is 8.00. The number of nitrogen functional groups attached to an aromatic ring is 2. The van der Waals surface area contributed by atoms with E-state index >= 15 is 0 Å². The standard InChI is InChI=1S/C10H18N6S/c1-6-7(2)17-4-3-16(6)9-5-8(15-12)13-10(11)14-9/h5-7H,3-4,12H2,1-2H3,(H3,11,13,14,15). The summed E-state index contributed by atoms with van der Waals surface area (Å²) < 4.78 is 0. The van der Waals surface area contributed by atoms with Crippen molar-refractivity contribution in [3.63, 3.8) is 0 Å². The molecule has 0 saturated carbocycles. The lowest BCUT2D eigenvalue weighted by atomic mass is 10.2. The Hall–Kier alpha value is -1.21. The number of hydrogen-bond acceptors (Lipinski definition) is 7. The summed E-state index contributed by atoms with van der Waals surface area (Å²) in [6.45, 7) is 5.40. The van der Waals surface area contributed by atoms with Gasteiger partial charge in [-0.3, -0.25) is 0 Å². The summed E-state index contributed by atoms with van der Waals surface area (Å²) in [6, 6.07) is 2.25. The predicted octanol–water partition coefficient (Wildman–Crippen LogP) is 0.675. The zero-order valence-corrected chi connectivity index (χ0v) is 10.9. The van der Waals surface area contributed by atoms with E-state index in [-0.39, 0.29) is 5.95 Å². The molecule has 2 atom stereocenters. The van der Waals surface area contributed by atoms with Crippen LogP contribution < -0.4 is 21.9 Å². The molecule has 1 aromatic rings. The molecule has 94 valence electrons. The summed E-state index contributed by atoms with van der Waals surface area (Å²) in [5.74, 6) is 8.09. The topological polar surface area (TPSA) is 93.1 Å². The highest BCUT2D eigenvalue weighted by atomic mass is 32.2. The maximum absolute atomic E-state index is 5.67. The van der Waals surface area contributed by atoms with Crippen molar-refractivity contribution in [2.24, 2.45) is 5.84 Å². The summed E-state index contributed by atoms with van der Waals surface area (Å²) >= 11 is 1.98. The highest BCUT2D eigenvalue weighted by Crippen LogP contribution is 2.28. The molecule has 2 unspecified atom stereocenters. The quantitative estimate of drug-likeness (QED) is 0.527. The lowest BCUT2D eigenvalue weighted by Gasteiger charge is -2.38. The van der Waals surface area contributed by atoms with Gasteiger partial charge in [-0.2, -0.15) is 21.7 Å². The first-order valence-electron chi connectivity index (χ1n) is 5.61. The van der Waals surface area contributed by atoms with E-state index in [4.69, 9.17) is 11.6 Å². The van der Waals surface area contributed by atoms with Crippen LogP contribution in [0.3, 0.4) is 0 Å². The molecule has 1 aromatic heterocycles. The normalized spacial score (nSPS) is 24.8. The maximum Gasteiger partial charge on any atom is 0.223 e. The average Bonchev–Trinajstić information content (AvgIpc) is 2.31. The number of thioether (sulfide) groups is 1. The molecule has 17 heavy (non-hydrogen) atoms. The molecule has 1 saturated heterocycles. The van der Waals surface area contributed by atoms with Crippen molar-refractivity contribution in [3.8, 4) is 0 Å². The van der Waals surface area contributed by atoms with Gasteiger partial charge in [0.15, 0.2) is 0 Å². The summed E-state index contributed by atoms with van der Waals surface area (Å²) in [6.07, 6.45) is 0. The smallest absolute Gasteiger partial charge is 0.223 e. The highest BCUT2D eigenvalue weighted by Gasteiger charge is 2.26. The number of hydrogen-bond donors (Lipinski definition) is 3. The van der Waals surface area contributed by atoms with E-state index in [1.807, 2.05) is 17.8 Å². The van der Waals surface area contributed by atoms with Crippen LogP contribution in [0.5, 0.6) is 0 Å². The van der Waals surface area contributed by atoms with Crippen molar-refractivity contribution in [3.05, 3.63) is 6.07 Å². The molecule has 0 amide bonds. The monoisotopic (exact) mass is 254 g/mol. The first-order chi connectivity index (χ1) is 8.11. The molecule has 2 rings (SSSR count). The third-order valence-corrected chi connectivity index (χ3v) is 4.39. The second kappa shape index (κ2) is 4.97. The molecule has 0 spiro atoms. The third kappa shape index (κ3) is 2.55. The summed E-state index contributed by atoms with van der Waals surface area (Å²) in [5.41, 5.74) is 8.18. The Morgan fingerprint density at radius 3 is 2.94 bits per heavy atom. The SMILES string of the molecule is CC1SCCN(c2cc(NN)nc(N)n2)C1C. The van der Waals surface area contributed by atoms with Crippen LogP contribution in [0.2, 0.25) is 0 Å². The van der Waals surface area contributed by atoms with Crippen LogP contribution in [-0.4, -0.2) is 33.6 Å². The van der Waals surface area contributed by atoms with E-state index in [2.05, 4.69) is 34.1 Å². The van der Waals surface area contributed by atoms with Crippen LogP contribution in [0.4, 0.5) is 17.6 Å². The molecule has 0 bridgehead atoms. The van der Waals surface area contributed by atoms with Gasteiger partial charge in [0, 0.05) is 29.7 Å². The summed E-state index contributed by atoms with van der Waals surface area (Å²) in [5, 5.41) is 0.578. The fourth-order valence-electron chi connectivity index (χ4n) is 1.93. The van der Waals surface area contributed by atoms with Crippen molar-refractivity contribution >= 4 is 29.3 Å². The van der Waals surface area contributed by atoms with Crippen LogP contribution in [0, 0.1) is 0 Å². The van der Waals surface area contributed by atoms with Gasteiger partial charge in [0.25, 0.3) is 0 Å². The number of nitrogens with zero attached hydrogens (tertiary/aromatic N) is 3. The van der Waals surface area contributed by atoms with E-state index in [9.17, 15) is 0 Å². The van der Waals surface area contributed by atoms with Gasteiger partial charge in [-0.05, 0) is 6.92 Å². The second-order valence-electron chi connectivity index (χ2n) is 4.12. The van der Waals surface area contributed by atoms with E-state index in [1.165, 1.54) is 0 Å². The molecule has 5 N–H and O–H groups in total. The molecule has 1 aliphatic rings. The fourth-order valence-corrected chi connectivity index (χ4v) is 3.03. The zero-order valence-electron chi connectivity index (χ0n) is 10.1. The minimum atomic E-state index is 0.244. The Bertz CT molecular complexity index is 398. The Kier molecular flexibility index (Phi) is 3.58. The lowest BCUT2D eigenvalue weighted by Crippen LogP contribution is -2.45. The minimum absolute atomic E-state index is 0.244. The van der Waals surface area contributed by atoms with Gasteiger partial charge < -0.3 is 16.1 Å². The summed E-state index contributed by atoms with van der Waals surface area (Å²) in [7, 11) is 0. The number of nitrogens with one attached hydrogen (secondary N) is 1. The molecular weight excluding hydrogens is 236 g/mol. The van der Waals surface area contributed by atoms with Crippen LogP contribution in [0.1, 0.15) is 13.8 Å². The van der Waals surface area contributed by atoms with Gasteiger partial charge in [-0.25, -0.2) is 5.84 Å². The van der Waals surface area contributed by atoms with Crippen LogP contribution in [-0.2, 0) is 0 Å². The second-order valence-corrected chi connectivity index (χ2v) is 5.61. The van der Waals surface area contributed by atoms with E-state index in [1.54, 1.807) is 0 Å². The maximum atomic E-state index is 5.67. The molecule has 0 radical (unpaired) electrons. The number of rotatable bonds is 2. The van der Waals surface area contributed by atoms with Gasteiger partial charge >= 0.3 is 0 Å². The zero-order chi connectivity index (χ0) is 12.4. The van der Waals surface area contributed by atoms with Crippen molar-refractivity contribution in [1.29, 1.82) is 0 Å². The first kappa shape index (κ1) is 12.3. The lowest BCUT2D eigenvalue weighted by molar-refractivity contribution is 0.620. The minimum Gasteiger partial charge on any atom is -0.368 e. The van der Waals surface area contributed by atoms with Gasteiger partial charge in [0.1, 0.15) is 11.6 Å². The molecular formula is C10H18N6S. The van der Waals surface area contributed by atoms with Crippen molar-refractivity contribution in [2.45, 2.75) is 25.1 Å². The molecule has 1 fully saturated rings. The molecule has 7 heteroatoms. The number of anilines is 3. The Labute approximate surface area is 105 Å². The van der Waals surface area contributed by atoms with Gasteiger partial charge in [-0.1, -0.05) is 6.92 Å². The average molecular weight is 254 g/mol. The first-order valence-corrected chi connectivity index (χ1v) is 6.66. The van der Waals surface area contributed by atoms with Gasteiger partial charge in [0.05, 0.1) is 0 Å². The van der Waals surface area contributed by atoms with Crippen LogP contribution in [0.15, 0.2) is 6.07 Å². The Morgan fingerprint density at radius 2 is 2.24 bits per heavy atom. The molecule has 0 aromatic carbocycles. The number of aromatic nitrogens is 2. The van der Waals surface area contributed by atoms with E-state index < -0.39 is 0 Å². The van der Waals surface area contributed by atoms with E-state index in [0.29, 0.717) is 17.1 Å². The molecule has 2 heterocycles. The number of hydrazine groups is 1. The van der Waals surface area contributed by atoms with Crippen LogP contribution in [0.25, 0.3) is 0 Å². The van der Waals surface area contributed by atoms with Crippen molar-refractivity contribution in [1.82, 2.24) is 9.97 Å². The molecule has 1 aliphatic heterocycles. The Balaban J connectivity index is 2.29. The van der Waals surface area contributed by atoms with Gasteiger partial charge in [-0.15, -0.1) is 0 Å². The van der Waals surface area contributed by atoms with E-state index in [0.717, 1.165) is 18.1 Å². The fraction of sp³-hybridized carbons (Fsp3) is 0.600. The largest absolute Gasteiger partial charge is 0.368 e. The van der Waals surface area contributed by atoms with Gasteiger partial charge in [0.2, 0.25) is 5.95 Å². The Morgan fingerprint density at radius 1 is 1.47 bits per heavy atom. The molecule has 6 nitrogen and oxygen atoms in total. The van der Waals surface area contributed by atoms with Crippen LogP contribution >= 0.6 is 11.8 Å². The third-order valence-electron chi connectivity index (χ3n) is 3.06. The van der Waals surface area contributed by atoms with Crippen molar-refractivity contribution in [2.75, 3.05) is 28.4 Å². The van der Waals surface area contributed by atoms with Crippen molar-refractivity contribution < 1.29 is 0 Å². The summed E-state index contributed by atoms with van der Waals surface area (Å²) in [4.78, 5) is 10.5. The predicted molar refractivity (Wildman–Crippen MR) is 73.0 cm³/mol. The molecule has 0 aliphatic carbocycles. The number of nitrogens with two attached hydrogens (primary N) is 2.